The molecule has 0 N–H and O–H groups in total. The topological polar surface area (TPSA) is 29.5 Å². The van der Waals surface area contributed by atoms with E-state index in [-0.39, 0.29) is 6.10 Å². The summed E-state index contributed by atoms with van der Waals surface area (Å²) in [4.78, 5) is 3.39. The summed E-state index contributed by atoms with van der Waals surface area (Å²) in [5, 5.41) is 1.81. The summed E-state index contributed by atoms with van der Waals surface area (Å²) in [6, 6.07) is 8.16. The van der Waals surface area contributed by atoms with Crippen LogP contribution in [0.3, 0.4) is 0 Å². The molecule has 21 heavy (non-hydrogen) atoms. The van der Waals surface area contributed by atoms with Crippen LogP contribution in [0.5, 0.6) is 5.75 Å². The highest BCUT2D eigenvalue weighted by Crippen LogP contribution is 2.39. The molecule has 1 aromatic rings. The van der Waals surface area contributed by atoms with Crippen LogP contribution in [0.2, 0.25) is 0 Å². The second kappa shape index (κ2) is 5.11. The SMILES string of the molecule is CN1CCC(C2Oc3ccccc3CC3=C2C=CS3=O)C1. The summed E-state index contributed by atoms with van der Waals surface area (Å²) in [6.07, 6.45) is 3.95. The van der Waals surface area contributed by atoms with Crippen LogP contribution in [-0.2, 0) is 17.2 Å². The van der Waals surface area contributed by atoms with Gasteiger partial charge in [-0.15, -0.1) is 0 Å². The number of rotatable bonds is 1. The summed E-state index contributed by atoms with van der Waals surface area (Å²) >= 11 is 0. The van der Waals surface area contributed by atoms with Crippen molar-refractivity contribution in [3.63, 3.8) is 0 Å². The number of likely N-dealkylation sites (tertiary alicyclic amines) is 1. The zero-order chi connectivity index (χ0) is 14.4. The van der Waals surface area contributed by atoms with E-state index >= 15 is 0 Å². The van der Waals surface area contributed by atoms with Gasteiger partial charge in [-0.2, -0.15) is 0 Å². The maximum Gasteiger partial charge on any atom is 0.129 e. The van der Waals surface area contributed by atoms with Crippen LogP contribution in [0.25, 0.3) is 0 Å². The highest BCUT2D eigenvalue weighted by molar-refractivity contribution is 7.92. The molecule has 1 aromatic carbocycles. The molecule has 0 radical (unpaired) electrons. The van der Waals surface area contributed by atoms with Gasteiger partial charge in [0.1, 0.15) is 11.9 Å². The van der Waals surface area contributed by atoms with E-state index in [1.165, 1.54) is 0 Å². The molecule has 0 spiro atoms. The van der Waals surface area contributed by atoms with Gasteiger partial charge in [0.2, 0.25) is 0 Å². The molecule has 3 atom stereocenters. The van der Waals surface area contributed by atoms with Gasteiger partial charge in [0.25, 0.3) is 0 Å². The second-order valence-corrected chi connectivity index (χ2v) is 7.47. The van der Waals surface area contributed by atoms with E-state index in [1.807, 2.05) is 29.7 Å². The zero-order valence-corrected chi connectivity index (χ0v) is 12.9. The van der Waals surface area contributed by atoms with Crippen molar-refractivity contribution in [2.45, 2.75) is 18.9 Å². The van der Waals surface area contributed by atoms with Gasteiger partial charge in [-0.05, 0) is 37.7 Å². The van der Waals surface area contributed by atoms with Gasteiger partial charge in [0.05, 0.1) is 10.8 Å². The van der Waals surface area contributed by atoms with Gasteiger partial charge in [-0.3, -0.25) is 0 Å². The summed E-state index contributed by atoms with van der Waals surface area (Å²) in [5.74, 6) is 1.43. The molecule has 0 aromatic heterocycles. The van der Waals surface area contributed by atoms with Crippen molar-refractivity contribution >= 4 is 10.8 Å². The maximum atomic E-state index is 12.3. The van der Waals surface area contributed by atoms with Crippen molar-refractivity contribution in [2.75, 3.05) is 20.1 Å². The van der Waals surface area contributed by atoms with E-state index in [2.05, 4.69) is 18.0 Å². The second-order valence-electron chi connectivity index (χ2n) is 6.11. The van der Waals surface area contributed by atoms with Crippen LogP contribution in [0.1, 0.15) is 12.0 Å². The molecule has 4 rings (SSSR count). The first-order chi connectivity index (χ1) is 10.2. The Labute approximate surface area is 127 Å². The van der Waals surface area contributed by atoms with Crippen molar-refractivity contribution in [3.05, 3.63) is 51.8 Å². The zero-order valence-electron chi connectivity index (χ0n) is 12.1. The quantitative estimate of drug-likeness (QED) is 0.798. The number of para-hydroxylation sites is 1. The largest absolute Gasteiger partial charge is 0.485 e. The molecular weight excluding hydrogens is 282 g/mol. The average Bonchev–Trinajstić information content (AvgIpc) is 3.01. The Morgan fingerprint density at radius 1 is 1.33 bits per heavy atom. The Bertz CT molecular complexity index is 665. The Morgan fingerprint density at radius 3 is 3.00 bits per heavy atom. The van der Waals surface area contributed by atoms with Crippen LogP contribution in [-0.4, -0.2) is 35.3 Å². The Kier molecular flexibility index (Phi) is 3.23. The fourth-order valence-electron chi connectivity index (χ4n) is 3.56. The summed E-state index contributed by atoms with van der Waals surface area (Å²) < 4.78 is 18.7. The maximum absolute atomic E-state index is 12.3. The number of hydrogen-bond donors (Lipinski definition) is 0. The number of hydrogen-bond acceptors (Lipinski definition) is 3. The normalized spacial score (nSPS) is 31.8. The fraction of sp³-hybridized carbons (Fsp3) is 0.412. The monoisotopic (exact) mass is 301 g/mol. The molecule has 3 aliphatic heterocycles. The lowest BCUT2D eigenvalue weighted by molar-refractivity contribution is 0.173. The smallest absolute Gasteiger partial charge is 0.129 e. The lowest BCUT2D eigenvalue weighted by Gasteiger charge is -2.25. The third-order valence-corrected chi connectivity index (χ3v) is 5.93. The van der Waals surface area contributed by atoms with Crippen LogP contribution in [0.4, 0.5) is 0 Å². The molecule has 0 amide bonds. The Morgan fingerprint density at radius 2 is 2.19 bits per heavy atom. The highest BCUT2D eigenvalue weighted by atomic mass is 32.2. The molecule has 3 aliphatic rings. The fourth-order valence-corrected chi connectivity index (χ4v) is 4.71. The Hall–Kier alpha value is -1.39. The van der Waals surface area contributed by atoms with E-state index in [0.29, 0.717) is 5.92 Å². The van der Waals surface area contributed by atoms with E-state index in [4.69, 9.17) is 4.74 Å². The van der Waals surface area contributed by atoms with Crippen molar-refractivity contribution in [1.29, 1.82) is 0 Å². The van der Waals surface area contributed by atoms with Crippen LogP contribution in [0, 0.1) is 5.92 Å². The van der Waals surface area contributed by atoms with Crippen LogP contribution >= 0.6 is 0 Å². The first-order valence-corrected chi connectivity index (χ1v) is 8.68. The van der Waals surface area contributed by atoms with Crippen molar-refractivity contribution in [1.82, 2.24) is 4.90 Å². The lowest BCUT2D eigenvalue weighted by Crippen LogP contribution is -2.30. The third-order valence-electron chi connectivity index (χ3n) is 4.68. The summed E-state index contributed by atoms with van der Waals surface area (Å²) in [5.41, 5.74) is 2.31. The molecule has 3 nitrogen and oxygen atoms in total. The van der Waals surface area contributed by atoms with E-state index in [9.17, 15) is 4.21 Å². The molecule has 1 fully saturated rings. The number of benzene rings is 1. The molecule has 1 saturated heterocycles. The van der Waals surface area contributed by atoms with Gasteiger partial charge in [-0.1, -0.05) is 18.2 Å². The number of allylic oxidation sites excluding steroid dienone is 1. The molecule has 0 bridgehead atoms. The van der Waals surface area contributed by atoms with Crippen LogP contribution in [0.15, 0.2) is 46.2 Å². The molecule has 0 aliphatic carbocycles. The first kappa shape index (κ1) is 13.3. The van der Waals surface area contributed by atoms with E-state index in [1.54, 1.807) is 0 Å². The van der Waals surface area contributed by atoms with Gasteiger partial charge in [-0.25, -0.2) is 4.21 Å². The standard InChI is InChI=1S/C17H19NO2S/c1-18-8-6-13(11-18)17-14-7-9-21(19)16(14)10-12-4-2-3-5-15(12)20-17/h2-5,7,9,13,17H,6,8,10-11H2,1H3. The summed E-state index contributed by atoms with van der Waals surface area (Å²) in [7, 11) is 1.17. The van der Waals surface area contributed by atoms with Crippen molar-refractivity contribution in [3.8, 4) is 5.75 Å². The van der Waals surface area contributed by atoms with Gasteiger partial charge < -0.3 is 9.64 Å². The molecule has 110 valence electrons. The highest BCUT2D eigenvalue weighted by Gasteiger charge is 2.37. The predicted molar refractivity (Wildman–Crippen MR) is 84.5 cm³/mol. The number of ether oxygens (including phenoxy) is 1. The van der Waals surface area contributed by atoms with E-state index < -0.39 is 10.8 Å². The van der Waals surface area contributed by atoms with Crippen molar-refractivity contribution in [2.24, 2.45) is 5.92 Å². The van der Waals surface area contributed by atoms with Gasteiger partial charge in [0.15, 0.2) is 0 Å². The van der Waals surface area contributed by atoms with Crippen LogP contribution < -0.4 is 4.74 Å². The minimum absolute atomic E-state index is 0.0382. The van der Waals surface area contributed by atoms with Gasteiger partial charge >= 0.3 is 0 Å². The number of nitrogens with zero attached hydrogens (tertiary/aromatic N) is 1. The number of fused-ring (bicyclic) bond motifs is 1. The third kappa shape index (κ3) is 2.27. The van der Waals surface area contributed by atoms with Gasteiger partial charge in [0, 0.05) is 34.8 Å². The molecule has 4 heteroatoms. The first-order valence-electron chi connectivity index (χ1n) is 7.47. The molecule has 3 heterocycles. The van der Waals surface area contributed by atoms with Crippen molar-refractivity contribution < 1.29 is 8.95 Å². The average molecular weight is 301 g/mol. The summed E-state index contributed by atoms with van der Waals surface area (Å²) in [6.45, 7) is 2.16. The van der Waals surface area contributed by atoms with E-state index in [0.717, 1.165) is 47.7 Å². The minimum atomic E-state index is -0.982. The minimum Gasteiger partial charge on any atom is -0.485 e. The Balaban J connectivity index is 1.77. The lowest BCUT2D eigenvalue weighted by atomic mass is 9.94. The molecule has 0 saturated carbocycles. The molecule has 3 unspecified atom stereocenters. The predicted octanol–water partition coefficient (Wildman–Crippen LogP) is 2.47. The molecular formula is C17H19NO2S.